The number of hydrogen-bond donors (Lipinski definition) is 3. The van der Waals surface area contributed by atoms with Crippen LogP contribution >= 0.6 is 12.2 Å². The molecule has 2 aromatic carbocycles. The average Bonchev–Trinajstić information content (AvgIpc) is 3.41. The smallest absolute Gasteiger partial charge is 0.277 e. The molecule has 1 saturated carbocycles. The quantitative estimate of drug-likeness (QED) is 0.317. The van der Waals surface area contributed by atoms with Crippen LogP contribution in [0.4, 0.5) is 11.5 Å². The highest BCUT2D eigenvalue weighted by Crippen LogP contribution is 2.33. The highest BCUT2D eigenvalue weighted by Gasteiger charge is 2.30. The molecule has 9 nitrogen and oxygen atoms in total. The predicted molar refractivity (Wildman–Crippen MR) is 149 cm³/mol. The van der Waals surface area contributed by atoms with Crippen molar-refractivity contribution in [3.8, 4) is 11.5 Å². The highest BCUT2D eigenvalue weighted by atomic mass is 32.1. The van der Waals surface area contributed by atoms with E-state index in [1.807, 2.05) is 48.5 Å². The van der Waals surface area contributed by atoms with Crippen molar-refractivity contribution in [3.05, 3.63) is 74.8 Å². The number of amides is 1. The first-order valence-electron chi connectivity index (χ1n) is 12.6. The van der Waals surface area contributed by atoms with E-state index in [4.69, 9.17) is 32.2 Å². The van der Waals surface area contributed by atoms with E-state index in [9.17, 15) is 9.59 Å². The van der Waals surface area contributed by atoms with Gasteiger partial charge >= 0.3 is 0 Å². The van der Waals surface area contributed by atoms with Crippen LogP contribution < -0.4 is 26.1 Å². The number of methoxy groups -OCH3 is 1. The van der Waals surface area contributed by atoms with Crippen molar-refractivity contribution in [2.24, 2.45) is 0 Å². The molecule has 1 aliphatic carbocycles. The number of nitrogen functional groups attached to an aromatic ring is 1. The van der Waals surface area contributed by atoms with E-state index in [0.717, 1.165) is 36.8 Å². The maximum absolute atomic E-state index is 13.1. The SMILES string of the molecule is COc1ccc(Cn2c(N)c(NC(=O)C(C)(C)OCc3ccccc3)c(=O)[nH]c2=S)cc1OC1CCCC1. The van der Waals surface area contributed by atoms with E-state index in [-0.39, 0.29) is 35.5 Å². The summed E-state index contributed by atoms with van der Waals surface area (Å²) in [6.07, 6.45) is 4.49. The predicted octanol–water partition coefficient (Wildman–Crippen LogP) is 4.80. The Morgan fingerprint density at radius 3 is 2.53 bits per heavy atom. The molecule has 38 heavy (non-hydrogen) atoms. The molecule has 0 bridgehead atoms. The molecule has 10 heteroatoms. The fourth-order valence-electron chi connectivity index (χ4n) is 4.31. The number of anilines is 2. The summed E-state index contributed by atoms with van der Waals surface area (Å²) < 4.78 is 19.2. The normalized spacial score (nSPS) is 13.9. The Morgan fingerprint density at radius 2 is 1.84 bits per heavy atom. The Hall–Kier alpha value is -3.63. The van der Waals surface area contributed by atoms with Gasteiger partial charge in [-0.1, -0.05) is 36.4 Å². The fraction of sp³-hybridized carbons (Fsp3) is 0.393. The second-order valence-electron chi connectivity index (χ2n) is 9.85. The Morgan fingerprint density at radius 1 is 1.13 bits per heavy atom. The zero-order valence-electron chi connectivity index (χ0n) is 21.9. The second kappa shape index (κ2) is 11.8. The van der Waals surface area contributed by atoms with E-state index in [0.29, 0.717) is 11.5 Å². The molecule has 1 fully saturated rings. The van der Waals surface area contributed by atoms with Crippen LogP contribution in [-0.2, 0) is 22.7 Å². The Labute approximate surface area is 226 Å². The standard InChI is InChI=1S/C28H34N4O5S/c1-28(2,36-17-18-9-5-4-6-10-18)26(34)30-23-24(29)32(27(38)31-25(23)33)16-19-13-14-21(35-3)22(15-19)37-20-11-7-8-12-20/h4-6,9-10,13-15,20H,7-8,11-12,16-17,29H2,1-3H3,(H,30,34)(H,31,33,38). The number of ether oxygens (including phenoxy) is 3. The number of aromatic amines is 1. The number of nitrogens with zero attached hydrogens (tertiary/aromatic N) is 1. The van der Waals surface area contributed by atoms with E-state index >= 15 is 0 Å². The van der Waals surface area contributed by atoms with Crippen LogP contribution in [0.1, 0.15) is 50.7 Å². The molecule has 0 aliphatic heterocycles. The molecule has 1 aliphatic rings. The van der Waals surface area contributed by atoms with Gasteiger partial charge in [-0.05, 0) is 75.0 Å². The molecule has 0 saturated heterocycles. The zero-order chi connectivity index (χ0) is 27.3. The van der Waals surface area contributed by atoms with Crippen molar-refractivity contribution in [2.75, 3.05) is 18.2 Å². The van der Waals surface area contributed by atoms with Gasteiger partial charge in [0.15, 0.2) is 16.3 Å². The highest BCUT2D eigenvalue weighted by molar-refractivity contribution is 7.71. The van der Waals surface area contributed by atoms with Crippen LogP contribution in [0.25, 0.3) is 0 Å². The molecule has 0 unspecified atom stereocenters. The minimum atomic E-state index is -1.23. The number of nitrogens with two attached hydrogens (primary N) is 1. The van der Waals surface area contributed by atoms with Crippen molar-refractivity contribution in [1.82, 2.24) is 9.55 Å². The van der Waals surface area contributed by atoms with Crippen LogP contribution in [0.15, 0.2) is 53.3 Å². The summed E-state index contributed by atoms with van der Waals surface area (Å²) in [4.78, 5) is 28.4. The third-order valence-electron chi connectivity index (χ3n) is 6.63. The van der Waals surface area contributed by atoms with Crippen LogP contribution in [0.2, 0.25) is 0 Å². The monoisotopic (exact) mass is 538 g/mol. The van der Waals surface area contributed by atoms with Gasteiger partial charge in [-0.25, -0.2) is 0 Å². The maximum atomic E-state index is 13.1. The first-order chi connectivity index (χ1) is 18.2. The van der Waals surface area contributed by atoms with E-state index in [1.54, 1.807) is 25.5 Å². The molecule has 3 aromatic rings. The van der Waals surface area contributed by atoms with E-state index in [2.05, 4.69) is 10.3 Å². The van der Waals surface area contributed by atoms with Crippen molar-refractivity contribution < 1.29 is 19.0 Å². The number of nitrogens with one attached hydrogen (secondary N) is 2. The molecule has 1 heterocycles. The topological polar surface area (TPSA) is 121 Å². The average molecular weight is 539 g/mol. The molecule has 0 radical (unpaired) electrons. The van der Waals surface area contributed by atoms with Crippen molar-refractivity contribution >= 4 is 29.6 Å². The maximum Gasteiger partial charge on any atom is 0.277 e. The lowest BCUT2D eigenvalue weighted by Gasteiger charge is -2.25. The van der Waals surface area contributed by atoms with Gasteiger partial charge in [0, 0.05) is 0 Å². The summed E-state index contributed by atoms with van der Waals surface area (Å²) in [5.41, 5.74) is 6.25. The van der Waals surface area contributed by atoms with Crippen molar-refractivity contribution in [2.45, 2.75) is 64.4 Å². The number of H-pyrrole nitrogens is 1. The summed E-state index contributed by atoms with van der Waals surface area (Å²) in [5.74, 6) is 0.827. The summed E-state index contributed by atoms with van der Waals surface area (Å²) in [6.45, 7) is 3.76. The third-order valence-corrected chi connectivity index (χ3v) is 6.95. The van der Waals surface area contributed by atoms with E-state index in [1.165, 1.54) is 0 Å². The Balaban J connectivity index is 1.54. The van der Waals surface area contributed by atoms with Gasteiger partial charge in [-0.3, -0.25) is 19.1 Å². The largest absolute Gasteiger partial charge is 0.493 e. The van der Waals surface area contributed by atoms with Gasteiger partial charge in [-0.2, -0.15) is 0 Å². The van der Waals surface area contributed by atoms with Gasteiger partial charge < -0.3 is 25.3 Å². The second-order valence-corrected chi connectivity index (χ2v) is 10.2. The van der Waals surface area contributed by atoms with Crippen molar-refractivity contribution in [3.63, 3.8) is 0 Å². The molecule has 0 spiro atoms. The summed E-state index contributed by atoms with van der Waals surface area (Å²) >= 11 is 5.40. The molecule has 0 atom stereocenters. The molecular weight excluding hydrogens is 504 g/mol. The van der Waals surface area contributed by atoms with Gasteiger partial charge in [0.1, 0.15) is 17.1 Å². The van der Waals surface area contributed by atoms with Gasteiger partial charge in [-0.15, -0.1) is 0 Å². The molecule has 4 rings (SSSR count). The molecule has 202 valence electrons. The van der Waals surface area contributed by atoms with Crippen LogP contribution in [-0.4, -0.2) is 34.3 Å². The van der Waals surface area contributed by atoms with Gasteiger partial charge in [0.2, 0.25) is 0 Å². The van der Waals surface area contributed by atoms with Crippen LogP contribution in [0, 0.1) is 4.77 Å². The molecule has 1 amide bonds. The lowest BCUT2D eigenvalue weighted by Crippen LogP contribution is -2.41. The minimum Gasteiger partial charge on any atom is -0.493 e. The minimum absolute atomic E-state index is 0.0417. The zero-order valence-corrected chi connectivity index (χ0v) is 22.7. The van der Waals surface area contributed by atoms with E-state index < -0.39 is 17.1 Å². The number of carbonyl (C=O) groups excluding carboxylic acids is 1. The summed E-state index contributed by atoms with van der Waals surface area (Å²) in [7, 11) is 1.60. The van der Waals surface area contributed by atoms with Gasteiger partial charge in [0.25, 0.3) is 11.5 Å². The Bertz CT molecular complexity index is 1390. The van der Waals surface area contributed by atoms with Gasteiger partial charge in [0.05, 0.1) is 26.4 Å². The first-order valence-corrected chi connectivity index (χ1v) is 13.0. The fourth-order valence-corrected chi connectivity index (χ4v) is 4.57. The van der Waals surface area contributed by atoms with Crippen molar-refractivity contribution in [1.29, 1.82) is 0 Å². The third kappa shape index (κ3) is 6.43. The van der Waals surface area contributed by atoms with Crippen LogP contribution in [0.5, 0.6) is 11.5 Å². The first kappa shape index (κ1) is 27.4. The number of hydrogen-bond acceptors (Lipinski definition) is 7. The number of aromatic nitrogens is 2. The van der Waals surface area contributed by atoms with Crippen LogP contribution in [0.3, 0.4) is 0 Å². The number of benzene rings is 2. The lowest BCUT2D eigenvalue weighted by atomic mass is 10.1. The molecule has 4 N–H and O–H groups in total. The molecular formula is C28H34N4O5S. The number of rotatable bonds is 10. The number of carbonyl (C=O) groups is 1. The molecule has 1 aromatic heterocycles. The Kier molecular flexibility index (Phi) is 8.53. The summed E-state index contributed by atoms with van der Waals surface area (Å²) in [5, 5.41) is 2.64. The summed E-state index contributed by atoms with van der Waals surface area (Å²) in [6, 6.07) is 15.1. The lowest BCUT2D eigenvalue weighted by molar-refractivity contribution is -0.138.